The Bertz CT molecular complexity index is 448. The summed E-state index contributed by atoms with van der Waals surface area (Å²) >= 11 is 3.56. The quantitative estimate of drug-likeness (QED) is 0.919. The van der Waals surface area contributed by atoms with E-state index in [4.69, 9.17) is 4.74 Å². The summed E-state index contributed by atoms with van der Waals surface area (Å²) in [6, 6.07) is 7.89. The molecule has 3 atom stereocenters. The number of benzene rings is 1. The van der Waals surface area contributed by atoms with Gasteiger partial charge in [-0.25, -0.2) is 0 Å². The number of aryl methyl sites for hydroxylation is 1. The van der Waals surface area contributed by atoms with Crippen LogP contribution in [0.15, 0.2) is 22.7 Å². The summed E-state index contributed by atoms with van der Waals surface area (Å²) in [7, 11) is 1.85. The van der Waals surface area contributed by atoms with Crippen LogP contribution < -0.4 is 5.32 Å². The van der Waals surface area contributed by atoms with E-state index in [-0.39, 0.29) is 0 Å². The van der Waals surface area contributed by atoms with Crippen LogP contribution in [-0.2, 0) is 17.6 Å². The smallest absolute Gasteiger partial charge is 0.0724 e. The lowest BCUT2D eigenvalue weighted by Crippen LogP contribution is -2.45. The first-order valence-corrected chi connectivity index (χ1v) is 8.11. The van der Waals surface area contributed by atoms with Gasteiger partial charge in [0.1, 0.15) is 0 Å². The van der Waals surface area contributed by atoms with Gasteiger partial charge < -0.3 is 10.1 Å². The molecule has 19 heavy (non-hydrogen) atoms. The molecular formula is C16H22BrNO. The monoisotopic (exact) mass is 323 g/mol. The zero-order valence-corrected chi connectivity index (χ0v) is 13.1. The minimum Gasteiger partial charge on any atom is -0.380 e. The van der Waals surface area contributed by atoms with Crippen LogP contribution in [0.2, 0.25) is 0 Å². The van der Waals surface area contributed by atoms with E-state index < -0.39 is 0 Å². The van der Waals surface area contributed by atoms with Crippen molar-refractivity contribution >= 4 is 15.9 Å². The zero-order valence-electron chi connectivity index (χ0n) is 11.5. The third-order valence-electron chi connectivity index (χ3n) is 4.60. The Kier molecular flexibility index (Phi) is 4.25. The second-order valence-electron chi connectivity index (χ2n) is 5.83. The van der Waals surface area contributed by atoms with Gasteiger partial charge in [0.05, 0.1) is 6.10 Å². The number of hydrogen-bond donors (Lipinski definition) is 1. The van der Waals surface area contributed by atoms with Crippen LogP contribution in [0.1, 0.15) is 36.8 Å². The van der Waals surface area contributed by atoms with E-state index in [0.717, 1.165) is 6.42 Å². The van der Waals surface area contributed by atoms with Crippen molar-refractivity contribution in [2.75, 3.05) is 7.11 Å². The Morgan fingerprint density at radius 3 is 2.95 bits per heavy atom. The van der Waals surface area contributed by atoms with Crippen LogP contribution in [-0.4, -0.2) is 25.3 Å². The van der Waals surface area contributed by atoms with Crippen LogP contribution in [0.5, 0.6) is 0 Å². The van der Waals surface area contributed by atoms with Crippen molar-refractivity contribution < 1.29 is 4.74 Å². The van der Waals surface area contributed by atoms with Gasteiger partial charge in [-0.2, -0.15) is 0 Å². The summed E-state index contributed by atoms with van der Waals surface area (Å²) in [5, 5.41) is 3.84. The van der Waals surface area contributed by atoms with Gasteiger partial charge in [0.25, 0.3) is 0 Å². The third kappa shape index (κ3) is 3.04. The molecule has 0 heterocycles. The fourth-order valence-corrected chi connectivity index (χ4v) is 3.98. The summed E-state index contributed by atoms with van der Waals surface area (Å²) in [5.74, 6) is 0. The van der Waals surface area contributed by atoms with E-state index in [1.807, 2.05) is 7.11 Å². The van der Waals surface area contributed by atoms with Crippen LogP contribution in [0.25, 0.3) is 0 Å². The fourth-order valence-electron chi connectivity index (χ4n) is 3.57. The molecule has 3 unspecified atom stereocenters. The SMILES string of the molecule is COC1CCCC1NC1CCc2cc(Br)ccc2C1. The van der Waals surface area contributed by atoms with Crippen molar-refractivity contribution in [3.63, 3.8) is 0 Å². The van der Waals surface area contributed by atoms with Gasteiger partial charge in [-0.05, 0) is 61.8 Å². The van der Waals surface area contributed by atoms with E-state index >= 15 is 0 Å². The number of rotatable bonds is 3. The number of methoxy groups -OCH3 is 1. The molecule has 2 aliphatic rings. The molecule has 0 aromatic heterocycles. The summed E-state index contributed by atoms with van der Waals surface area (Å²) in [5.41, 5.74) is 3.03. The predicted molar refractivity (Wildman–Crippen MR) is 81.5 cm³/mol. The molecule has 2 aliphatic carbocycles. The predicted octanol–water partition coefficient (Wildman–Crippen LogP) is 3.46. The summed E-state index contributed by atoms with van der Waals surface area (Å²) in [4.78, 5) is 0. The minimum atomic E-state index is 0.423. The second-order valence-corrected chi connectivity index (χ2v) is 6.75. The second kappa shape index (κ2) is 5.94. The highest BCUT2D eigenvalue weighted by Crippen LogP contribution is 2.27. The maximum Gasteiger partial charge on any atom is 0.0724 e. The molecule has 1 aromatic carbocycles. The van der Waals surface area contributed by atoms with E-state index in [1.54, 1.807) is 0 Å². The van der Waals surface area contributed by atoms with Crippen molar-refractivity contribution in [2.45, 2.75) is 56.7 Å². The van der Waals surface area contributed by atoms with Crippen LogP contribution in [0.3, 0.4) is 0 Å². The number of hydrogen-bond acceptors (Lipinski definition) is 2. The molecule has 3 heteroatoms. The third-order valence-corrected chi connectivity index (χ3v) is 5.10. The van der Waals surface area contributed by atoms with E-state index in [0.29, 0.717) is 18.2 Å². The largest absolute Gasteiger partial charge is 0.380 e. The number of halogens is 1. The average molecular weight is 324 g/mol. The molecule has 104 valence electrons. The standard InChI is InChI=1S/C16H22BrNO/c1-19-16-4-2-3-15(16)18-14-8-6-11-9-13(17)7-5-12(11)10-14/h5,7,9,14-16,18H,2-4,6,8,10H2,1H3. The molecule has 0 saturated heterocycles. The Labute approximate surface area is 124 Å². The molecule has 3 rings (SSSR count). The van der Waals surface area contributed by atoms with Gasteiger partial charge in [0, 0.05) is 23.7 Å². The van der Waals surface area contributed by atoms with Crippen molar-refractivity contribution in [1.82, 2.24) is 5.32 Å². The maximum absolute atomic E-state index is 5.58. The average Bonchev–Trinajstić information content (AvgIpc) is 2.86. The molecule has 0 bridgehead atoms. The van der Waals surface area contributed by atoms with Gasteiger partial charge in [0.2, 0.25) is 0 Å². The molecule has 1 saturated carbocycles. The highest BCUT2D eigenvalue weighted by Gasteiger charge is 2.30. The normalized spacial score (nSPS) is 30.3. The first kappa shape index (κ1) is 13.6. The van der Waals surface area contributed by atoms with Gasteiger partial charge in [-0.3, -0.25) is 0 Å². The molecule has 2 nitrogen and oxygen atoms in total. The van der Waals surface area contributed by atoms with E-state index in [2.05, 4.69) is 39.4 Å². The topological polar surface area (TPSA) is 21.3 Å². The molecule has 0 amide bonds. The van der Waals surface area contributed by atoms with Gasteiger partial charge >= 0.3 is 0 Å². The number of nitrogens with one attached hydrogen (secondary N) is 1. The maximum atomic E-state index is 5.58. The van der Waals surface area contributed by atoms with E-state index in [1.165, 1.54) is 47.7 Å². The van der Waals surface area contributed by atoms with Crippen LogP contribution >= 0.6 is 15.9 Å². The molecule has 0 radical (unpaired) electrons. The Morgan fingerprint density at radius 2 is 2.11 bits per heavy atom. The molecule has 0 spiro atoms. The number of fused-ring (bicyclic) bond motifs is 1. The minimum absolute atomic E-state index is 0.423. The summed E-state index contributed by atoms with van der Waals surface area (Å²) < 4.78 is 6.78. The number of ether oxygens (including phenoxy) is 1. The molecule has 1 fully saturated rings. The highest BCUT2D eigenvalue weighted by molar-refractivity contribution is 9.10. The molecule has 1 aromatic rings. The molecule has 0 aliphatic heterocycles. The molecular weight excluding hydrogens is 302 g/mol. The van der Waals surface area contributed by atoms with Gasteiger partial charge in [0.15, 0.2) is 0 Å². The Hall–Kier alpha value is -0.380. The Morgan fingerprint density at radius 1 is 1.21 bits per heavy atom. The van der Waals surface area contributed by atoms with Crippen molar-refractivity contribution in [1.29, 1.82) is 0 Å². The van der Waals surface area contributed by atoms with Crippen molar-refractivity contribution in [3.05, 3.63) is 33.8 Å². The van der Waals surface area contributed by atoms with Crippen LogP contribution in [0.4, 0.5) is 0 Å². The van der Waals surface area contributed by atoms with Gasteiger partial charge in [-0.15, -0.1) is 0 Å². The molecule has 1 N–H and O–H groups in total. The first-order chi connectivity index (χ1) is 9.26. The lowest BCUT2D eigenvalue weighted by molar-refractivity contribution is 0.0805. The summed E-state index contributed by atoms with van der Waals surface area (Å²) in [6.07, 6.45) is 7.80. The lowest BCUT2D eigenvalue weighted by atomic mass is 9.88. The van der Waals surface area contributed by atoms with Gasteiger partial charge in [-0.1, -0.05) is 22.0 Å². The fraction of sp³-hybridized carbons (Fsp3) is 0.625. The zero-order chi connectivity index (χ0) is 13.2. The van der Waals surface area contributed by atoms with E-state index in [9.17, 15) is 0 Å². The first-order valence-electron chi connectivity index (χ1n) is 7.32. The van der Waals surface area contributed by atoms with Crippen molar-refractivity contribution in [2.24, 2.45) is 0 Å². The van der Waals surface area contributed by atoms with Crippen molar-refractivity contribution in [3.8, 4) is 0 Å². The highest BCUT2D eigenvalue weighted by atomic mass is 79.9. The summed E-state index contributed by atoms with van der Waals surface area (Å²) in [6.45, 7) is 0. The Balaban J connectivity index is 1.64. The lowest BCUT2D eigenvalue weighted by Gasteiger charge is -2.30. The van der Waals surface area contributed by atoms with Crippen LogP contribution in [0, 0.1) is 0 Å².